The molecular weight excluding hydrogens is 230 g/mol. The summed E-state index contributed by atoms with van der Waals surface area (Å²) < 4.78 is 6.66. The molecule has 0 aliphatic heterocycles. The molecule has 0 unspecified atom stereocenters. The van der Waals surface area contributed by atoms with E-state index in [2.05, 4.69) is 10.1 Å². The number of rotatable bonds is 1. The maximum absolute atomic E-state index is 11.8. The fourth-order valence-electron chi connectivity index (χ4n) is 1.96. The lowest BCUT2D eigenvalue weighted by Crippen LogP contribution is -2.04. The Kier molecular flexibility index (Phi) is 2.26. The van der Waals surface area contributed by atoms with Gasteiger partial charge in [0.25, 0.3) is 0 Å². The van der Waals surface area contributed by atoms with E-state index in [1.807, 2.05) is 30.3 Å². The van der Waals surface area contributed by atoms with Crippen molar-refractivity contribution in [3.05, 3.63) is 52.3 Å². The second-order valence-electron chi connectivity index (χ2n) is 4.05. The van der Waals surface area contributed by atoms with Crippen LogP contribution in [-0.2, 0) is 0 Å². The molecule has 0 bridgehead atoms. The molecule has 0 radical (unpaired) electrons. The normalized spacial score (nSPS) is 11.0. The van der Waals surface area contributed by atoms with Crippen molar-refractivity contribution in [2.45, 2.75) is 13.8 Å². The molecule has 3 aromatic rings. The van der Waals surface area contributed by atoms with Crippen LogP contribution >= 0.6 is 0 Å². The van der Waals surface area contributed by atoms with Gasteiger partial charge in [0.15, 0.2) is 11.5 Å². The maximum Gasteiger partial charge on any atom is 0.350 e. The van der Waals surface area contributed by atoms with Crippen molar-refractivity contribution < 1.29 is 4.42 Å². The molecule has 0 saturated heterocycles. The van der Waals surface area contributed by atoms with E-state index in [-0.39, 0.29) is 0 Å². The Morgan fingerprint density at radius 1 is 1.17 bits per heavy atom. The van der Waals surface area contributed by atoms with Gasteiger partial charge in [-0.2, -0.15) is 10.1 Å². The summed E-state index contributed by atoms with van der Waals surface area (Å²) in [5, 5.41) is 4.79. The van der Waals surface area contributed by atoms with Crippen LogP contribution in [0.25, 0.3) is 16.7 Å². The van der Waals surface area contributed by atoms with Crippen molar-refractivity contribution in [1.29, 1.82) is 0 Å². The van der Waals surface area contributed by atoms with Crippen molar-refractivity contribution >= 4 is 11.0 Å². The zero-order valence-electron chi connectivity index (χ0n) is 10.0. The minimum Gasteiger partial charge on any atom is -0.408 e. The van der Waals surface area contributed by atoms with Crippen LogP contribution in [0.15, 0.2) is 39.5 Å². The van der Waals surface area contributed by atoms with Crippen LogP contribution in [0.1, 0.15) is 11.6 Å². The summed E-state index contributed by atoms with van der Waals surface area (Å²) in [4.78, 5) is 16.1. The standard InChI is InChI=1S/C13H11N3O2/c1-8-11-12(14-9(2)18-13(11)17)16(15-8)10-6-4-3-5-7-10/h3-7H,1-2H3. The molecule has 5 nitrogen and oxygen atoms in total. The summed E-state index contributed by atoms with van der Waals surface area (Å²) in [5.74, 6) is 0.338. The molecule has 0 saturated carbocycles. The van der Waals surface area contributed by atoms with Crippen LogP contribution in [0, 0.1) is 13.8 Å². The van der Waals surface area contributed by atoms with Gasteiger partial charge in [-0.25, -0.2) is 9.48 Å². The van der Waals surface area contributed by atoms with Crippen molar-refractivity contribution in [3.63, 3.8) is 0 Å². The number of aromatic nitrogens is 3. The van der Waals surface area contributed by atoms with Crippen LogP contribution in [0.4, 0.5) is 0 Å². The minimum absolute atomic E-state index is 0.338. The van der Waals surface area contributed by atoms with Gasteiger partial charge in [0.05, 0.1) is 11.4 Å². The molecule has 2 aromatic heterocycles. The number of benzene rings is 1. The van der Waals surface area contributed by atoms with Crippen LogP contribution in [0.2, 0.25) is 0 Å². The fourth-order valence-corrected chi connectivity index (χ4v) is 1.96. The second kappa shape index (κ2) is 3.80. The number of hydrogen-bond donors (Lipinski definition) is 0. The van der Waals surface area contributed by atoms with E-state index in [1.165, 1.54) is 0 Å². The molecule has 3 rings (SSSR count). The molecular formula is C13H11N3O2. The molecule has 1 aromatic carbocycles. The lowest BCUT2D eigenvalue weighted by atomic mass is 10.3. The van der Waals surface area contributed by atoms with Crippen molar-refractivity contribution in [1.82, 2.24) is 14.8 Å². The van der Waals surface area contributed by atoms with Crippen LogP contribution < -0.4 is 5.63 Å². The zero-order valence-corrected chi connectivity index (χ0v) is 10.0. The third-order valence-electron chi connectivity index (χ3n) is 2.74. The van der Waals surface area contributed by atoms with Gasteiger partial charge in [-0.3, -0.25) is 0 Å². The second-order valence-corrected chi connectivity index (χ2v) is 4.05. The fraction of sp³-hybridized carbons (Fsp3) is 0.154. The Morgan fingerprint density at radius 2 is 1.89 bits per heavy atom. The summed E-state index contributed by atoms with van der Waals surface area (Å²) >= 11 is 0. The average molecular weight is 241 g/mol. The van der Waals surface area contributed by atoms with Crippen LogP contribution in [0.5, 0.6) is 0 Å². The third-order valence-corrected chi connectivity index (χ3v) is 2.74. The topological polar surface area (TPSA) is 60.9 Å². The van der Waals surface area contributed by atoms with Crippen molar-refractivity contribution in [2.75, 3.05) is 0 Å². The Morgan fingerprint density at radius 3 is 2.61 bits per heavy atom. The van der Waals surface area contributed by atoms with E-state index >= 15 is 0 Å². The number of hydrogen-bond acceptors (Lipinski definition) is 4. The number of para-hydroxylation sites is 1. The highest BCUT2D eigenvalue weighted by atomic mass is 16.4. The summed E-state index contributed by atoms with van der Waals surface area (Å²) in [7, 11) is 0. The first-order chi connectivity index (χ1) is 8.66. The van der Waals surface area contributed by atoms with E-state index in [1.54, 1.807) is 18.5 Å². The molecule has 0 atom stereocenters. The monoisotopic (exact) mass is 241 g/mol. The summed E-state index contributed by atoms with van der Waals surface area (Å²) in [6.07, 6.45) is 0. The lowest BCUT2D eigenvalue weighted by Gasteiger charge is -2.01. The van der Waals surface area contributed by atoms with Gasteiger partial charge in [0, 0.05) is 6.92 Å². The molecule has 2 heterocycles. The summed E-state index contributed by atoms with van der Waals surface area (Å²) in [6, 6.07) is 9.58. The molecule has 0 aliphatic rings. The van der Waals surface area contributed by atoms with E-state index in [0.717, 1.165) is 5.69 Å². The van der Waals surface area contributed by atoms with E-state index in [4.69, 9.17) is 4.42 Å². The SMILES string of the molecule is Cc1nc2c(c(C)nn2-c2ccccc2)c(=O)o1. The highest BCUT2D eigenvalue weighted by molar-refractivity contribution is 5.78. The van der Waals surface area contributed by atoms with Gasteiger partial charge >= 0.3 is 5.63 Å². The Labute approximate surface area is 103 Å². The predicted octanol–water partition coefficient (Wildman–Crippen LogP) is 1.99. The van der Waals surface area contributed by atoms with Gasteiger partial charge in [0.1, 0.15) is 5.39 Å². The van der Waals surface area contributed by atoms with Gasteiger partial charge in [0.2, 0.25) is 0 Å². The van der Waals surface area contributed by atoms with Gasteiger partial charge in [-0.15, -0.1) is 0 Å². The molecule has 0 N–H and O–H groups in total. The Balaban J connectivity index is 2.42. The zero-order chi connectivity index (χ0) is 12.7. The van der Waals surface area contributed by atoms with E-state index in [9.17, 15) is 4.79 Å². The van der Waals surface area contributed by atoms with Gasteiger partial charge in [-0.05, 0) is 19.1 Å². The largest absolute Gasteiger partial charge is 0.408 e. The van der Waals surface area contributed by atoms with Gasteiger partial charge < -0.3 is 4.42 Å². The highest BCUT2D eigenvalue weighted by Crippen LogP contribution is 2.17. The first-order valence-electron chi connectivity index (χ1n) is 5.59. The van der Waals surface area contributed by atoms with Gasteiger partial charge in [-0.1, -0.05) is 18.2 Å². The average Bonchev–Trinajstić information content (AvgIpc) is 2.67. The molecule has 0 aliphatic carbocycles. The minimum atomic E-state index is -0.391. The number of aryl methyl sites for hydroxylation is 2. The molecule has 5 heteroatoms. The smallest absolute Gasteiger partial charge is 0.350 e. The van der Waals surface area contributed by atoms with E-state index < -0.39 is 5.63 Å². The Hall–Kier alpha value is -2.43. The van der Waals surface area contributed by atoms with Crippen molar-refractivity contribution in [3.8, 4) is 5.69 Å². The molecule has 90 valence electrons. The lowest BCUT2D eigenvalue weighted by molar-refractivity contribution is 0.466. The molecule has 0 spiro atoms. The maximum atomic E-state index is 11.8. The number of nitrogens with zero attached hydrogens (tertiary/aromatic N) is 3. The Bertz CT molecular complexity index is 772. The van der Waals surface area contributed by atoms with Crippen molar-refractivity contribution in [2.24, 2.45) is 0 Å². The molecule has 18 heavy (non-hydrogen) atoms. The third kappa shape index (κ3) is 1.52. The first kappa shape index (κ1) is 10.7. The number of fused-ring (bicyclic) bond motifs is 1. The summed E-state index contributed by atoms with van der Waals surface area (Å²) in [6.45, 7) is 3.42. The molecule has 0 fully saturated rings. The first-order valence-corrected chi connectivity index (χ1v) is 5.59. The highest BCUT2D eigenvalue weighted by Gasteiger charge is 2.15. The van der Waals surface area contributed by atoms with E-state index in [0.29, 0.717) is 22.6 Å². The predicted molar refractivity (Wildman–Crippen MR) is 66.9 cm³/mol. The summed E-state index contributed by atoms with van der Waals surface area (Å²) in [5.41, 5.74) is 1.63. The molecule has 0 amide bonds. The quantitative estimate of drug-likeness (QED) is 0.653. The van der Waals surface area contributed by atoms with Crippen LogP contribution in [0.3, 0.4) is 0 Å². The van der Waals surface area contributed by atoms with Crippen LogP contribution in [-0.4, -0.2) is 14.8 Å².